The highest BCUT2D eigenvalue weighted by Gasteiger charge is 2.23. The van der Waals surface area contributed by atoms with Gasteiger partial charge in [-0.25, -0.2) is 0 Å². The molecule has 1 saturated heterocycles. The van der Waals surface area contributed by atoms with E-state index in [4.69, 9.17) is 9.47 Å². The van der Waals surface area contributed by atoms with Gasteiger partial charge in [-0.2, -0.15) is 0 Å². The first-order valence-corrected chi connectivity index (χ1v) is 7.64. The number of ketones is 1. The van der Waals surface area contributed by atoms with Gasteiger partial charge in [-0.1, -0.05) is 0 Å². The second-order valence-electron chi connectivity index (χ2n) is 5.64. The zero-order valence-corrected chi connectivity index (χ0v) is 13.4. The fourth-order valence-electron chi connectivity index (χ4n) is 2.70. The maximum absolute atomic E-state index is 12.3. The van der Waals surface area contributed by atoms with Crippen LogP contribution in [-0.2, 0) is 4.79 Å². The average molecular weight is 305 g/mol. The molecule has 0 aromatic heterocycles. The molecule has 1 aliphatic heterocycles. The lowest BCUT2D eigenvalue weighted by Gasteiger charge is -2.33. The Morgan fingerprint density at radius 2 is 2.05 bits per heavy atom. The van der Waals surface area contributed by atoms with Gasteiger partial charge < -0.3 is 14.4 Å². The Labute approximate surface area is 131 Å². The minimum Gasteiger partial charge on any atom is -0.493 e. The predicted molar refractivity (Wildman–Crippen MR) is 83.5 cm³/mol. The minimum absolute atomic E-state index is 0.00935. The number of hydrogen-bond donors (Lipinski definition) is 0. The zero-order chi connectivity index (χ0) is 16.1. The Balaban J connectivity index is 2.01. The van der Waals surface area contributed by atoms with Gasteiger partial charge in [0.05, 0.1) is 7.11 Å². The summed E-state index contributed by atoms with van der Waals surface area (Å²) >= 11 is 0. The normalized spacial score (nSPS) is 18.0. The van der Waals surface area contributed by atoms with Crippen LogP contribution in [0.15, 0.2) is 18.2 Å². The van der Waals surface area contributed by atoms with Gasteiger partial charge in [0, 0.05) is 18.2 Å². The average Bonchev–Trinajstić information content (AvgIpc) is 2.52. The summed E-state index contributed by atoms with van der Waals surface area (Å²) in [5, 5.41) is 0. The van der Waals surface area contributed by atoms with Crippen molar-refractivity contribution < 1.29 is 19.1 Å². The number of methoxy groups -OCH3 is 1. The van der Waals surface area contributed by atoms with Crippen molar-refractivity contribution in [2.24, 2.45) is 0 Å². The van der Waals surface area contributed by atoms with Crippen LogP contribution in [0.4, 0.5) is 0 Å². The SMILES string of the molecule is COc1cc(C(C)=O)ccc1OCC(=O)N1CCCCC1C. The number of piperidine rings is 1. The molecule has 1 aromatic carbocycles. The molecule has 1 unspecified atom stereocenters. The number of hydrogen-bond acceptors (Lipinski definition) is 4. The van der Waals surface area contributed by atoms with Crippen LogP contribution >= 0.6 is 0 Å². The molecule has 2 rings (SSSR count). The highest BCUT2D eigenvalue weighted by molar-refractivity contribution is 5.94. The molecule has 1 fully saturated rings. The number of likely N-dealkylation sites (tertiary alicyclic amines) is 1. The fraction of sp³-hybridized carbons (Fsp3) is 0.529. The summed E-state index contributed by atoms with van der Waals surface area (Å²) in [5.74, 6) is 0.894. The maximum atomic E-state index is 12.3. The van der Waals surface area contributed by atoms with E-state index in [0.29, 0.717) is 17.1 Å². The number of amides is 1. The first-order chi connectivity index (χ1) is 10.5. The van der Waals surface area contributed by atoms with Crippen molar-refractivity contribution in [2.75, 3.05) is 20.3 Å². The molecule has 22 heavy (non-hydrogen) atoms. The van der Waals surface area contributed by atoms with Gasteiger partial charge in [-0.15, -0.1) is 0 Å². The van der Waals surface area contributed by atoms with E-state index in [-0.39, 0.29) is 24.3 Å². The molecule has 5 heteroatoms. The molecule has 1 atom stereocenters. The van der Waals surface area contributed by atoms with Crippen molar-refractivity contribution in [3.05, 3.63) is 23.8 Å². The van der Waals surface area contributed by atoms with E-state index in [0.717, 1.165) is 19.4 Å². The number of carbonyl (C=O) groups is 2. The summed E-state index contributed by atoms with van der Waals surface area (Å²) in [6, 6.07) is 5.24. The second-order valence-corrected chi connectivity index (χ2v) is 5.64. The van der Waals surface area contributed by atoms with E-state index in [1.807, 2.05) is 4.90 Å². The zero-order valence-electron chi connectivity index (χ0n) is 13.4. The molecule has 5 nitrogen and oxygen atoms in total. The highest BCUT2D eigenvalue weighted by atomic mass is 16.5. The Morgan fingerprint density at radius 3 is 2.68 bits per heavy atom. The van der Waals surface area contributed by atoms with E-state index < -0.39 is 0 Å². The smallest absolute Gasteiger partial charge is 0.260 e. The molecule has 0 N–H and O–H groups in total. The molecular weight excluding hydrogens is 282 g/mol. The third-order valence-corrected chi connectivity index (χ3v) is 4.04. The van der Waals surface area contributed by atoms with Crippen LogP contribution < -0.4 is 9.47 Å². The van der Waals surface area contributed by atoms with Crippen molar-refractivity contribution in [3.8, 4) is 11.5 Å². The van der Waals surface area contributed by atoms with Crippen LogP contribution in [0.2, 0.25) is 0 Å². The van der Waals surface area contributed by atoms with Crippen LogP contribution in [0.5, 0.6) is 11.5 Å². The summed E-state index contributed by atoms with van der Waals surface area (Å²) in [4.78, 5) is 25.5. The van der Waals surface area contributed by atoms with Crippen LogP contribution in [0.25, 0.3) is 0 Å². The second kappa shape index (κ2) is 7.29. The van der Waals surface area contributed by atoms with E-state index in [1.165, 1.54) is 20.5 Å². The van der Waals surface area contributed by atoms with E-state index in [1.54, 1.807) is 18.2 Å². The number of ether oxygens (including phenoxy) is 2. The quantitative estimate of drug-likeness (QED) is 0.785. The van der Waals surface area contributed by atoms with Gasteiger partial charge in [0.15, 0.2) is 23.9 Å². The van der Waals surface area contributed by atoms with Gasteiger partial charge >= 0.3 is 0 Å². The Morgan fingerprint density at radius 1 is 1.27 bits per heavy atom. The summed E-state index contributed by atoms with van der Waals surface area (Å²) < 4.78 is 10.8. The third-order valence-electron chi connectivity index (χ3n) is 4.04. The molecule has 0 aliphatic carbocycles. The van der Waals surface area contributed by atoms with Crippen LogP contribution in [-0.4, -0.2) is 42.9 Å². The molecule has 0 saturated carbocycles. The van der Waals surface area contributed by atoms with Gasteiger partial charge in [0.2, 0.25) is 0 Å². The van der Waals surface area contributed by atoms with E-state index >= 15 is 0 Å². The van der Waals surface area contributed by atoms with Gasteiger partial charge in [0.25, 0.3) is 5.91 Å². The van der Waals surface area contributed by atoms with Crippen LogP contribution in [0, 0.1) is 0 Å². The van der Waals surface area contributed by atoms with E-state index in [2.05, 4.69) is 6.92 Å². The number of nitrogens with zero attached hydrogens (tertiary/aromatic N) is 1. The topological polar surface area (TPSA) is 55.8 Å². The first-order valence-electron chi connectivity index (χ1n) is 7.64. The molecule has 1 aromatic rings. The lowest BCUT2D eigenvalue weighted by molar-refractivity contribution is -0.136. The number of benzene rings is 1. The number of carbonyl (C=O) groups excluding carboxylic acids is 2. The number of rotatable bonds is 5. The first kappa shape index (κ1) is 16.3. The summed E-state index contributed by atoms with van der Waals surface area (Å²) in [6.07, 6.45) is 3.27. The summed E-state index contributed by atoms with van der Waals surface area (Å²) in [5.41, 5.74) is 0.556. The standard InChI is InChI=1S/C17H23NO4/c1-12-6-4-5-9-18(12)17(20)11-22-15-8-7-14(13(2)19)10-16(15)21-3/h7-8,10,12H,4-6,9,11H2,1-3H3. The van der Waals surface area contributed by atoms with E-state index in [9.17, 15) is 9.59 Å². The Bertz CT molecular complexity index is 556. The molecule has 0 bridgehead atoms. The molecular formula is C17H23NO4. The Kier molecular flexibility index (Phi) is 5.41. The highest BCUT2D eigenvalue weighted by Crippen LogP contribution is 2.28. The summed E-state index contributed by atoms with van der Waals surface area (Å²) in [7, 11) is 1.51. The largest absolute Gasteiger partial charge is 0.493 e. The monoisotopic (exact) mass is 305 g/mol. The number of Topliss-reactive ketones (excluding diaryl/α,β-unsaturated/α-hetero) is 1. The van der Waals surface area contributed by atoms with Crippen molar-refractivity contribution >= 4 is 11.7 Å². The minimum atomic E-state index is -0.0388. The van der Waals surface area contributed by atoms with Crippen molar-refractivity contribution in [1.82, 2.24) is 4.90 Å². The molecule has 0 spiro atoms. The van der Waals surface area contributed by atoms with Crippen molar-refractivity contribution in [1.29, 1.82) is 0 Å². The maximum Gasteiger partial charge on any atom is 0.260 e. The van der Waals surface area contributed by atoms with Crippen molar-refractivity contribution in [2.45, 2.75) is 39.2 Å². The third kappa shape index (κ3) is 3.78. The van der Waals surface area contributed by atoms with Gasteiger partial charge in [0.1, 0.15) is 0 Å². The molecule has 1 aliphatic rings. The van der Waals surface area contributed by atoms with Crippen LogP contribution in [0.3, 0.4) is 0 Å². The van der Waals surface area contributed by atoms with Gasteiger partial charge in [-0.05, 0) is 51.3 Å². The van der Waals surface area contributed by atoms with Crippen molar-refractivity contribution in [3.63, 3.8) is 0 Å². The van der Waals surface area contributed by atoms with Gasteiger partial charge in [-0.3, -0.25) is 9.59 Å². The fourth-order valence-corrected chi connectivity index (χ4v) is 2.70. The predicted octanol–water partition coefficient (Wildman–Crippen LogP) is 2.68. The molecule has 0 radical (unpaired) electrons. The lowest BCUT2D eigenvalue weighted by atomic mass is 10.0. The molecule has 1 amide bonds. The molecule has 1 heterocycles. The molecule has 120 valence electrons. The lowest BCUT2D eigenvalue weighted by Crippen LogP contribution is -2.44. The van der Waals surface area contributed by atoms with Crippen LogP contribution in [0.1, 0.15) is 43.5 Å². The summed E-state index contributed by atoms with van der Waals surface area (Å²) in [6.45, 7) is 4.35. The Hall–Kier alpha value is -2.04.